The fourth-order valence-electron chi connectivity index (χ4n) is 2.42. The lowest BCUT2D eigenvalue weighted by Gasteiger charge is -2.02. The minimum Gasteiger partial charge on any atom is -0.455 e. The number of nitrogen functional groups attached to an aromatic ring is 1. The molecule has 0 amide bonds. The summed E-state index contributed by atoms with van der Waals surface area (Å²) in [5.41, 5.74) is 15.4. The summed E-state index contributed by atoms with van der Waals surface area (Å²) in [5, 5.41) is 0.165. The molecule has 5 nitrogen and oxygen atoms in total. The van der Waals surface area contributed by atoms with E-state index in [0.29, 0.717) is 35.4 Å². The van der Waals surface area contributed by atoms with E-state index in [1.165, 1.54) is 0 Å². The van der Waals surface area contributed by atoms with Crippen LogP contribution in [0.15, 0.2) is 34.7 Å². The van der Waals surface area contributed by atoms with E-state index in [-0.39, 0.29) is 11.3 Å². The Labute approximate surface area is 133 Å². The second kappa shape index (κ2) is 5.94. The third kappa shape index (κ3) is 2.91. The van der Waals surface area contributed by atoms with E-state index in [0.717, 1.165) is 11.3 Å². The minimum atomic E-state index is -0.0520. The monoisotopic (exact) mass is 316 g/mol. The Morgan fingerprint density at radius 3 is 2.64 bits per heavy atom. The third-order valence-corrected chi connectivity index (χ3v) is 3.58. The SMILES string of the molecule is CC(N)Cc1oc2c(Cc3ccccc3)nc(Cl)nc2c1N. The van der Waals surface area contributed by atoms with E-state index in [1.807, 2.05) is 37.3 Å². The van der Waals surface area contributed by atoms with Gasteiger partial charge in [-0.25, -0.2) is 9.97 Å². The highest BCUT2D eigenvalue weighted by molar-refractivity contribution is 6.28. The topological polar surface area (TPSA) is 91.0 Å². The molecule has 1 unspecified atom stereocenters. The van der Waals surface area contributed by atoms with Gasteiger partial charge in [-0.05, 0) is 24.1 Å². The van der Waals surface area contributed by atoms with Crippen LogP contribution in [0.3, 0.4) is 0 Å². The summed E-state index contributed by atoms with van der Waals surface area (Å²) in [6.07, 6.45) is 1.15. The summed E-state index contributed by atoms with van der Waals surface area (Å²) in [6, 6.07) is 9.93. The Hall–Kier alpha value is -2.11. The van der Waals surface area contributed by atoms with E-state index in [2.05, 4.69) is 9.97 Å². The first kappa shape index (κ1) is 14.8. The number of nitrogens with zero attached hydrogens (tertiary/aromatic N) is 2. The Morgan fingerprint density at radius 1 is 1.23 bits per heavy atom. The van der Waals surface area contributed by atoms with E-state index >= 15 is 0 Å². The molecule has 1 atom stereocenters. The molecule has 2 heterocycles. The number of anilines is 1. The van der Waals surface area contributed by atoms with Crippen molar-refractivity contribution in [3.05, 3.63) is 52.6 Å². The van der Waals surface area contributed by atoms with Gasteiger partial charge < -0.3 is 15.9 Å². The average molecular weight is 317 g/mol. The molecule has 0 bridgehead atoms. The van der Waals surface area contributed by atoms with Gasteiger partial charge in [0.25, 0.3) is 0 Å². The number of halogens is 1. The second-order valence-corrected chi connectivity index (χ2v) is 5.74. The van der Waals surface area contributed by atoms with Crippen molar-refractivity contribution in [2.75, 3.05) is 5.73 Å². The van der Waals surface area contributed by atoms with E-state index in [1.54, 1.807) is 0 Å². The van der Waals surface area contributed by atoms with Crippen LogP contribution in [-0.4, -0.2) is 16.0 Å². The minimum absolute atomic E-state index is 0.0520. The van der Waals surface area contributed by atoms with Gasteiger partial charge >= 0.3 is 0 Å². The van der Waals surface area contributed by atoms with Gasteiger partial charge in [-0.2, -0.15) is 0 Å². The molecule has 0 aliphatic heterocycles. The molecule has 2 aromatic heterocycles. The molecule has 114 valence electrons. The van der Waals surface area contributed by atoms with Crippen LogP contribution in [0, 0.1) is 0 Å². The number of furan rings is 1. The van der Waals surface area contributed by atoms with Crippen molar-refractivity contribution in [2.45, 2.75) is 25.8 Å². The summed E-state index contributed by atoms with van der Waals surface area (Å²) in [7, 11) is 0. The molecule has 3 rings (SSSR count). The lowest BCUT2D eigenvalue weighted by atomic mass is 10.1. The van der Waals surface area contributed by atoms with Crippen molar-refractivity contribution >= 4 is 28.4 Å². The third-order valence-electron chi connectivity index (χ3n) is 3.41. The Morgan fingerprint density at radius 2 is 1.95 bits per heavy atom. The van der Waals surface area contributed by atoms with Gasteiger partial charge in [-0.15, -0.1) is 0 Å². The first-order valence-corrected chi connectivity index (χ1v) is 7.45. The van der Waals surface area contributed by atoms with Crippen LogP contribution in [0.4, 0.5) is 5.69 Å². The van der Waals surface area contributed by atoms with Crippen molar-refractivity contribution in [3.63, 3.8) is 0 Å². The Bertz CT molecular complexity index is 799. The summed E-state index contributed by atoms with van der Waals surface area (Å²) in [4.78, 5) is 8.50. The van der Waals surface area contributed by atoms with Crippen LogP contribution in [0.25, 0.3) is 11.1 Å². The van der Waals surface area contributed by atoms with Crippen LogP contribution >= 0.6 is 11.6 Å². The maximum atomic E-state index is 6.12. The zero-order valence-electron chi connectivity index (χ0n) is 12.2. The van der Waals surface area contributed by atoms with E-state index in [4.69, 9.17) is 27.5 Å². The Kier molecular flexibility index (Phi) is 4.00. The van der Waals surface area contributed by atoms with Gasteiger partial charge in [0.05, 0.1) is 5.69 Å². The van der Waals surface area contributed by atoms with Gasteiger partial charge in [-0.1, -0.05) is 30.3 Å². The largest absolute Gasteiger partial charge is 0.455 e. The summed E-state index contributed by atoms with van der Waals surface area (Å²) in [6.45, 7) is 1.90. The van der Waals surface area contributed by atoms with Gasteiger partial charge in [-0.3, -0.25) is 0 Å². The van der Waals surface area contributed by atoms with Crippen molar-refractivity contribution in [3.8, 4) is 0 Å². The maximum Gasteiger partial charge on any atom is 0.223 e. The number of nitrogens with two attached hydrogens (primary N) is 2. The van der Waals surface area contributed by atoms with E-state index in [9.17, 15) is 0 Å². The van der Waals surface area contributed by atoms with Crippen molar-refractivity contribution in [1.82, 2.24) is 9.97 Å². The zero-order valence-corrected chi connectivity index (χ0v) is 13.0. The average Bonchev–Trinajstić information content (AvgIpc) is 2.77. The number of hydrogen-bond acceptors (Lipinski definition) is 5. The van der Waals surface area contributed by atoms with Gasteiger partial charge in [0.1, 0.15) is 17.0 Å². The number of hydrogen-bond donors (Lipinski definition) is 2. The normalized spacial score (nSPS) is 12.7. The molecular formula is C16H17ClN4O. The molecule has 0 saturated carbocycles. The molecule has 0 aliphatic carbocycles. The quantitative estimate of drug-likeness (QED) is 0.722. The molecule has 22 heavy (non-hydrogen) atoms. The first-order valence-electron chi connectivity index (χ1n) is 7.07. The highest BCUT2D eigenvalue weighted by atomic mass is 35.5. The predicted molar refractivity (Wildman–Crippen MR) is 87.8 cm³/mol. The molecule has 0 aliphatic rings. The molecular weight excluding hydrogens is 300 g/mol. The molecule has 3 aromatic rings. The summed E-state index contributed by atoms with van der Waals surface area (Å²) in [5.74, 6) is 0.635. The fraction of sp³-hybridized carbons (Fsp3) is 0.250. The smallest absolute Gasteiger partial charge is 0.223 e. The zero-order chi connectivity index (χ0) is 15.7. The lowest BCUT2D eigenvalue weighted by Crippen LogP contribution is -2.17. The lowest BCUT2D eigenvalue weighted by molar-refractivity contribution is 0.524. The van der Waals surface area contributed by atoms with E-state index < -0.39 is 0 Å². The fourth-order valence-corrected chi connectivity index (χ4v) is 2.61. The number of benzene rings is 1. The molecule has 0 radical (unpaired) electrons. The molecule has 0 spiro atoms. The van der Waals surface area contributed by atoms with Crippen LogP contribution in [0.2, 0.25) is 5.28 Å². The Balaban J connectivity index is 2.09. The highest BCUT2D eigenvalue weighted by Gasteiger charge is 2.19. The predicted octanol–water partition coefficient (Wildman–Crippen LogP) is 2.94. The van der Waals surface area contributed by atoms with Gasteiger partial charge in [0.15, 0.2) is 5.58 Å². The summed E-state index contributed by atoms with van der Waals surface area (Å²) >= 11 is 6.03. The standard InChI is InChI=1S/C16H17ClN4O/c1-9(18)7-12-13(19)14-15(22-12)11(20-16(17)21-14)8-10-5-3-2-4-6-10/h2-6,9H,7-8,18-19H2,1H3. The maximum absolute atomic E-state index is 6.12. The molecule has 6 heteroatoms. The van der Waals surface area contributed by atoms with Gasteiger partial charge in [0, 0.05) is 18.9 Å². The molecule has 0 saturated heterocycles. The number of aromatic nitrogens is 2. The van der Waals surface area contributed by atoms with Crippen molar-refractivity contribution < 1.29 is 4.42 Å². The molecule has 0 fully saturated rings. The second-order valence-electron chi connectivity index (χ2n) is 5.40. The number of rotatable bonds is 4. The molecule has 4 N–H and O–H groups in total. The van der Waals surface area contributed by atoms with Crippen LogP contribution in [-0.2, 0) is 12.8 Å². The van der Waals surface area contributed by atoms with Gasteiger partial charge in [0.2, 0.25) is 5.28 Å². The van der Waals surface area contributed by atoms with Crippen molar-refractivity contribution in [2.24, 2.45) is 5.73 Å². The van der Waals surface area contributed by atoms with Crippen LogP contribution < -0.4 is 11.5 Å². The highest BCUT2D eigenvalue weighted by Crippen LogP contribution is 2.31. The molecule has 1 aromatic carbocycles. The van der Waals surface area contributed by atoms with Crippen LogP contribution in [0.5, 0.6) is 0 Å². The number of fused-ring (bicyclic) bond motifs is 1. The van der Waals surface area contributed by atoms with Crippen molar-refractivity contribution in [1.29, 1.82) is 0 Å². The van der Waals surface area contributed by atoms with Crippen LogP contribution in [0.1, 0.15) is 23.9 Å². The first-order chi connectivity index (χ1) is 10.5. The summed E-state index contributed by atoms with van der Waals surface area (Å²) < 4.78 is 5.88.